The number of hydrogen-bond donors (Lipinski definition) is 4. The van der Waals surface area contributed by atoms with Crippen LogP contribution >= 0.6 is 0 Å². The van der Waals surface area contributed by atoms with Crippen LogP contribution in [0, 0.1) is 0 Å². The monoisotopic (exact) mass is 341 g/mol. The van der Waals surface area contributed by atoms with Crippen molar-refractivity contribution >= 4 is 18.5 Å². The summed E-state index contributed by atoms with van der Waals surface area (Å²) < 4.78 is 0. The molecule has 1 aromatic carbocycles. The zero-order valence-electron chi connectivity index (χ0n) is 14.8. The minimum absolute atomic E-state index is 0.201. The first kappa shape index (κ1) is 26.8. The third-order valence-electron chi connectivity index (χ3n) is 2.09. The van der Waals surface area contributed by atoms with E-state index in [2.05, 4.69) is 28.5 Å². The molecule has 0 aliphatic heterocycles. The molecule has 0 spiro atoms. The lowest BCUT2D eigenvalue weighted by molar-refractivity contribution is -0.129. The van der Waals surface area contributed by atoms with Gasteiger partial charge in [0.1, 0.15) is 0 Å². The summed E-state index contributed by atoms with van der Waals surface area (Å²) in [5.74, 6) is -0.303. The van der Waals surface area contributed by atoms with Crippen LogP contribution in [0.1, 0.15) is 25.3 Å². The Morgan fingerprint density at radius 2 is 1.71 bits per heavy atom. The van der Waals surface area contributed by atoms with Crippen molar-refractivity contribution in [2.75, 3.05) is 27.2 Å². The average Bonchev–Trinajstić information content (AvgIpc) is 2.58. The van der Waals surface area contributed by atoms with Crippen LogP contribution in [0.25, 0.3) is 0 Å². The minimum atomic E-state index is -0.303. The number of benzene rings is 1. The second kappa shape index (κ2) is 25.8. The smallest absolute Gasteiger partial charge is 0.204 e. The number of amides is 1. The van der Waals surface area contributed by atoms with Crippen LogP contribution in [-0.4, -0.2) is 50.8 Å². The number of nitrogens with two attached hydrogens (primary N) is 1. The lowest BCUT2D eigenvalue weighted by atomic mass is 10.2. The molecule has 1 rings (SSSR count). The van der Waals surface area contributed by atoms with E-state index in [-0.39, 0.29) is 18.8 Å². The molecule has 0 heterocycles. The van der Waals surface area contributed by atoms with Crippen molar-refractivity contribution in [1.29, 1.82) is 0 Å². The molecule has 0 fully saturated rings. The van der Waals surface area contributed by atoms with Gasteiger partial charge in [0.15, 0.2) is 12.1 Å². The van der Waals surface area contributed by atoms with Gasteiger partial charge in [-0.3, -0.25) is 14.4 Å². The highest BCUT2D eigenvalue weighted by molar-refractivity contribution is 6.24. The van der Waals surface area contributed by atoms with Crippen LogP contribution in [0.3, 0.4) is 0 Å². The van der Waals surface area contributed by atoms with Crippen molar-refractivity contribution < 1.29 is 19.5 Å². The van der Waals surface area contributed by atoms with Gasteiger partial charge in [-0.15, -0.1) is 0 Å². The van der Waals surface area contributed by atoms with Crippen molar-refractivity contribution in [2.24, 2.45) is 5.73 Å². The van der Waals surface area contributed by atoms with Crippen LogP contribution < -0.4 is 16.4 Å². The van der Waals surface area contributed by atoms with Gasteiger partial charge in [-0.1, -0.05) is 37.3 Å². The molecule has 7 heteroatoms. The maximum atomic E-state index is 10.0. The van der Waals surface area contributed by atoms with Crippen LogP contribution in [0.2, 0.25) is 0 Å². The van der Waals surface area contributed by atoms with Gasteiger partial charge >= 0.3 is 0 Å². The Morgan fingerprint density at radius 1 is 1.21 bits per heavy atom. The fourth-order valence-electron chi connectivity index (χ4n) is 1.21. The van der Waals surface area contributed by atoms with Crippen LogP contribution in [0.4, 0.5) is 0 Å². The molecule has 0 atom stereocenters. The molecule has 0 aliphatic carbocycles. The lowest BCUT2D eigenvalue weighted by Crippen LogP contribution is -2.17. The predicted molar refractivity (Wildman–Crippen MR) is 96.4 cm³/mol. The van der Waals surface area contributed by atoms with Crippen LogP contribution in [0.15, 0.2) is 30.3 Å². The number of Topliss-reactive ketones (excluding diaryl/α,β-unsaturated/α-hetero) is 1. The van der Waals surface area contributed by atoms with Gasteiger partial charge in [0.25, 0.3) is 0 Å². The molecule has 0 bridgehead atoms. The molecule has 0 saturated heterocycles. The summed E-state index contributed by atoms with van der Waals surface area (Å²) >= 11 is 0. The van der Waals surface area contributed by atoms with Gasteiger partial charge in [0.2, 0.25) is 6.41 Å². The van der Waals surface area contributed by atoms with Crippen molar-refractivity contribution in [3.63, 3.8) is 0 Å². The van der Waals surface area contributed by atoms with E-state index < -0.39 is 0 Å². The van der Waals surface area contributed by atoms with E-state index in [1.807, 2.05) is 39.2 Å². The van der Waals surface area contributed by atoms with E-state index in [4.69, 9.17) is 9.90 Å². The standard InChI is InChI=1S/C9H13NO.C5H8O2.C2H7N.CH3NO/c11-7-6-10-8-9-4-2-1-3-5-9;1-2-3-5(7)4-6;1-3-2;2-1-3/h1-5,10-11H,6-8H2;4H,2-3H2,1H3;3H,1-2H3;1H,(H2,2,3). The first-order valence-electron chi connectivity index (χ1n) is 7.65. The number of primary amides is 1. The number of carbonyl (C=O) groups is 3. The number of hydrogen-bond acceptors (Lipinski definition) is 6. The molecule has 5 N–H and O–H groups in total. The summed E-state index contributed by atoms with van der Waals surface area (Å²) in [5.41, 5.74) is 5.42. The first-order chi connectivity index (χ1) is 11.6. The number of ketones is 1. The highest BCUT2D eigenvalue weighted by Crippen LogP contribution is 1.96. The second-order valence-corrected chi connectivity index (χ2v) is 4.36. The minimum Gasteiger partial charge on any atom is -0.395 e. The summed E-state index contributed by atoms with van der Waals surface area (Å²) in [6, 6.07) is 10.1. The summed E-state index contributed by atoms with van der Waals surface area (Å²) in [5, 5.41) is 14.3. The lowest BCUT2D eigenvalue weighted by Gasteiger charge is -2.01. The van der Waals surface area contributed by atoms with Gasteiger partial charge in [-0.2, -0.15) is 0 Å². The van der Waals surface area contributed by atoms with E-state index in [1.54, 1.807) is 0 Å². The normalized spacial score (nSPS) is 8.17. The molecule has 1 aromatic rings. The Labute approximate surface area is 144 Å². The molecule has 0 aliphatic rings. The Hall–Kier alpha value is -2.09. The number of rotatable bonds is 7. The number of aliphatic hydroxyl groups is 1. The SMILES string of the molecule is CCCC(=O)C=O.CNC.NC=O.OCCNCc1ccccc1. The molecular weight excluding hydrogens is 310 g/mol. The topological polar surface area (TPSA) is 122 Å². The second-order valence-electron chi connectivity index (χ2n) is 4.36. The fourth-order valence-corrected chi connectivity index (χ4v) is 1.21. The molecule has 0 saturated carbocycles. The number of nitrogens with one attached hydrogen (secondary N) is 2. The first-order valence-corrected chi connectivity index (χ1v) is 7.65. The Kier molecular flexibility index (Phi) is 28.8. The van der Waals surface area contributed by atoms with Crippen molar-refractivity contribution in [3.8, 4) is 0 Å². The molecule has 7 nitrogen and oxygen atoms in total. The molecule has 1 amide bonds. The van der Waals surface area contributed by atoms with Crippen LogP contribution in [0.5, 0.6) is 0 Å². The van der Waals surface area contributed by atoms with E-state index in [0.717, 1.165) is 13.0 Å². The summed E-state index contributed by atoms with van der Waals surface area (Å²) in [4.78, 5) is 28.2. The van der Waals surface area contributed by atoms with Crippen molar-refractivity contribution in [1.82, 2.24) is 10.6 Å². The maximum Gasteiger partial charge on any atom is 0.204 e. The highest BCUT2D eigenvalue weighted by Gasteiger charge is 1.92. The van der Waals surface area contributed by atoms with Gasteiger partial charge in [0, 0.05) is 19.5 Å². The zero-order chi connectivity index (χ0) is 19.1. The number of aliphatic hydroxyl groups excluding tert-OH is 1. The third kappa shape index (κ3) is 28.1. The Morgan fingerprint density at radius 3 is 2.04 bits per heavy atom. The Bertz CT molecular complexity index is 387. The number of carbonyl (C=O) groups excluding carboxylic acids is 3. The largest absolute Gasteiger partial charge is 0.395 e. The fraction of sp³-hybridized carbons (Fsp3) is 0.471. The third-order valence-corrected chi connectivity index (χ3v) is 2.09. The Balaban J connectivity index is -0.000000292. The predicted octanol–water partition coefficient (Wildman–Crippen LogP) is 0.260. The van der Waals surface area contributed by atoms with Crippen LogP contribution in [-0.2, 0) is 20.9 Å². The zero-order valence-corrected chi connectivity index (χ0v) is 14.8. The number of aldehydes is 1. The quantitative estimate of drug-likeness (QED) is 0.321. The summed E-state index contributed by atoms with van der Waals surface area (Å²) in [7, 11) is 3.75. The molecule has 138 valence electrons. The maximum absolute atomic E-state index is 10.0. The molecule has 0 radical (unpaired) electrons. The van der Waals surface area contributed by atoms with Gasteiger partial charge in [-0.05, 0) is 26.1 Å². The van der Waals surface area contributed by atoms with E-state index in [0.29, 0.717) is 19.3 Å². The summed E-state index contributed by atoms with van der Waals surface area (Å²) in [6.07, 6.45) is 1.77. The van der Waals surface area contributed by atoms with Gasteiger partial charge < -0.3 is 21.5 Å². The summed E-state index contributed by atoms with van der Waals surface area (Å²) in [6.45, 7) is 3.56. The molecule has 24 heavy (non-hydrogen) atoms. The molecular formula is C17H31N3O4. The van der Waals surface area contributed by atoms with Gasteiger partial charge in [0.05, 0.1) is 6.61 Å². The van der Waals surface area contributed by atoms with Gasteiger partial charge in [-0.25, -0.2) is 0 Å². The molecule has 0 aromatic heterocycles. The van der Waals surface area contributed by atoms with E-state index >= 15 is 0 Å². The van der Waals surface area contributed by atoms with E-state index in [9.17, 15) is 9.59 Å². The van der Waals surface area contributed by atoms with Crippen molar-refractivity contribution in [2.45, 2.75) is 26.3 Å². The average molecular weight is 341 g/mol. The molecule has 0 unspecified atom stereocenters. The highest BCUT2D eigenvalue weighted by atomic mass is 16.3. The van der Waals surface area contributed by atoms with Crippen molar-refractivity contribution in [3.05, 3.63) is 35.9 Å². The van der Waals surface area contributed by atoms with E-state index in [1.165, 1.54) is 5.56 Å².